The van der Waals surface area contributed by atoms with Gasteiger partial charge in [-0.1, -0.05) is 15.9 Å². The monoisotopic (exact) mass is 304 g/mol. The Hall–Kier alpha value is -1.80. The van der Waals surface area contributed by atoms with Gasteiger partial charge in [0.15, 0.2) is 0 Å². The number of benzene rings is 1. The first-order valence-electron chi connectivity index (χ1n) is 5.68. The Bertz CT molecular complexity index is 583. The third kappa shape index (κ3) is 2.71. The molecule has 18 heavy (non-hydrogen) atoms. The highest BCUT2D eigenvalue weighted by Gasteiger charge is 2.04. The molecule has 0 amide bonds. The van der Waals surface area contributed by atoms with Gasteiger partial charge in [-0.25, -0.2) is 0 Å². The Morgan fingerprint density at radius 3 is 3.00 bits per heavy atom. The minimum Gasteiger partial charge on any atom is -0.378 e. The van der Waals surface area contributed by atoms with E-state index in [0.717, 1.165) is 22.4 Å². The van der Waals surface area contributed by atoms with Crippen molar-refractivity contribution in [3.8, 4) is 6.07 Å². The molecule has 1 heterocycles. The number of aromatic nitrogens is 2. The summed E-state index contributed by atoms with van der Waals surface area (Å²) in [5.74, 6) is 0. The van der Waals surface area contributed by atoms with Gasteiger partial charge in [0.25, 0.3) is 0 Å². The molecule has 0 fully saturated rings. The number of aryl methyl sites for hydroxylation is 1. The van der Waals surface area contributed by atoms with E-state index in [1.165, 1.54) is 0 Å². The number of rotatable bonds is 4. The van der Waals surface area contributed by atoms with Crippen LogP contribution in [0.5, 0.6) is 0 Å². The van der Waals surface area contributed by atoms with Crippen molar-refractivity contribution in [1.82, 2.24) is 9.78 Å². The van der Waals surface area contributed by atoms with Gasteiger partial charge in [-0.3, -0.25) is 4.68 Å². The molecule has 2 aromatic rings. The molecule has 4 nitrogen and oxygen atoms in total. The zero-order chi connectivity index (χ0) is 13.0. The van der Waals surface area contributed by atoms with Gasteiger partial charge in [0.2, 0.25) is 0 Å². The third-order valence-corrected chi connectivity index (χ3v) is 3.16. The van der Waals surface area contributed by atoms with Crippen LogP contribution in [0.4, 0.5) is 5.69 Å². The molecule has 0 saturated carbocycles. The van der Waals surface area contributed by atoms with Gasteiger partial charge in [0.05, 0.1) is 23.5 Å². The summed E-state index contributed by atoms with van der Waals surface area (Å²) in [6.45, 7) is 3.54. The van der Waals surface area contributed by atoms with Gasteiger partial charge in [0.1, 0.15) is 6.07 Å². The summed E-state index contributed by atoms with van der Waals surface area (Å²) in [5, 5.41) is 16.5. The number of nitriles is 1. The van der Waals surface area contributed by atoms with Crippen molar-refractivity contribution in [2.45, 2.75) is 20.0 Å². The highest BCUT2D eigenvalue weighted by atomic mass is 79.9. The Balaban J connectivity index is 2.15. The van der Waals surface area contributed by atoms with E-state index < -0.39 is 0 Å². The van der Waals surface area contributed by atoms with E-state index in [4.69, 9.17) is 5.26 Å². The van der Waals surface area contributed by atoms with Crippen molar-refractivity contribution in [3.05, 3.63) is 46.2 Å². The molecule has 0 aliphatic carbocycles. The number of hydrogen-bond donors (Lipinski definition) is 1. The maximum absolute atomic E-state index is 9.04. The summed E-state index contributed by atoms with van der Waals surface area (Å²) >= 11 is 3.41. The van der Waals surface area contributed by atoms with Crippen molar-refractivity contribution >= 4 is 21.6 Å². The van der Waals surface area contributed by atoms with Crippen molar-refractivity contribution in [2.24, 2.45) is 0 Å². The average molecular weight is 305 g/mol. The van der Waals surface area contributed by atoms with Crippen LogP contribution in [0.1, 0.15) is 18.2 Å². The molecule has 0 radical (unpaired) electrons. The topological polar surface area (TPSA) is 53.6 Å². The Morgan fingerprint density at radius 1 is 1.44 bits per heavy atom. The smallest absolute Gasteiger partial charge is 0.101 e. The highest BCUT2D eigenvalue weighted by Crippen LogP contribution is 2.21. The first-order valence-corrected chi connectivity index (χ1v) is 6.48. The van der Waals surface area contributed by atoms with Crippen molar-refractivity contribution < 1.29 is 0 Å². The Morgan fingerprint density at radius 2 is 2.28 bits per heavy atom. The molecule has 0 atom stereocenters. The number of hydrogen-bond acceptors (Lipinski definition) is 3. The summed E-state index contributed by atoms with van der Waals surface area (Å²) in [7, 11) is 0. The van der Waals surface area contributed by atoms with Gasteiger partial charge in [-0.15, -0.1) is 0 Å². The average Bonchev–Trinajstić information content (AvgIpc) is 2.84. The standard InChI is InChI=1S/C13H13BrN4/c1-2-18-12(5-6-17-18)9-16-13-7-11(14)4-3-10(13)8-15/h3-7,16H,2,9H2,1H3. The number of halogens is 1. The third-order valence-electron chi connectivity index (χ3n) is 2.67. The molecule has 0 saturated heterocycles. The van der Waals surface area contributed by atoms with Crippen molar-refractivity contribution in [3.63, 3.8) is 0 Å². The molecule has 1 N–H and O–H groups in total. The van der Waals surface area contributed by atoms with Crippen molar-refractivity contribution in [1.29, 1.82) is 5.26 Å². The van der Waals surface area contributed by atoms with E-state index in [-0.39, 0.29) is 0 Å². The maximum Gasteiger partial charge on any atom is 0.101 e. The maximum atomic E-state index is 9.04. The lowest BCUT2D eigenvalue weighted by molar-refractivity contribution is 0.627. The van der Waals surface area contributed by atoms with Gasteiger partial charge < -0.3 is 5.32 Å². The van der Waals surface area contributed by atoms with Gasteiger partial charge in [-0.2, -0.15) is 10.4 Å². The normalized spacial score (nSPS) is 10.1. The largest absolute Gasteiger partial charge is 0.378 e. The summed E-state index contributed by atoms with van der Waals surface area (Å²) < 4.78 is 2.88. The molecule has 92 valence electrons. The fraction of sp³-hybridized carbons (Fsp3) is 0.231. The lowest BCUT2D eigenvalue weighted by Crippen LogP contribution is -2.08. The lowest BCUT2D eigenvalue weighted by atomic mass is 10.2. The second-order valence-electron chi connectivity index (χ2n) is 3.79. The highest BCUT2D eigenvalue weighted by molar-refractivity contribution is 9.10. The Labute approximate surface area is 114 Å². The predicted octanol–water partition coefficient (Wildman–Crippen LogP) is 3.15. The minimum absolute atomic E-state index is 0.640. The van der Waals surface area contributed by atoms with Gasteiger partial charge in [-0.05, 0) is 31.2 Å². The fourth-order valence-corrected chi connectivity index (χ4v) is 2.10. The molecule has 1 aromatic carbocycles. The fourth-order valence-electron chi connectivity index (χ4n) is 1.74. The van der Waals surface area contributed by atoms with E-state index in [1.807, 2.05) is 22.9 Å². The van der Waals surface area contributed by atoms with Crippen LogP contribution >= 0.6 is 15.9 Å². The molecule has 0 bridgehead atoms. The van der Waals surface area contributed by atoms with E-state index in [2.05, 4.69) is 39.3 Å². The van der Waals surface area contributed by atoms with Crippen LogP contribution in [0.2, 0.25) is 0 Å². The first-order chi connectivity index (χ1) is 8.74. The van der Waals surface area contributed by atoms with Crippen LogP contribution in [0, 0.1) is 11.3 Å². The molecular formula is C13H13BrN4. The second-order valence-corrected chi connectivity index (χ2v) is 4.71. The molecule has 5 heteroatoms. The minimum atomic E-state index is 0.640. The SMILES string of the molecule is CCn1nccc1CNc1cc(Br)ccc1C#N. The predicted molar refractivity (Wildman–Crippen MR) is 74.1 cm³/mol. The lowest BCUT2D eigenvalue weighted by Gasteiger charge is -2.09. The molecule has 1 aromatic heterocycles. The Kier molecular flexibility index (Phi) is 4.00. The first kappa shape index (κ1) is 12.7. The van der Waals surface area contributed by atoms with E-state index in [1.54, 1.807) is 12.3 Å². The zero-order valence-corrected chi connectivity index (χ0v) is 11.6. The van der Waals surface area contributed by atoms with Crippen LogP contribution in [0.15, 0.2) is 34.9 Å². The molecule has 0 spiro atoms. The van der Waals surface area contributed by atoms with Crippen LogP contribution in [0.3, 0.4) is 0 Å². The molecule has 2 rings (SSSR count). The van der Waals surface area contributed by atoms with E-state index in [0.29, 0.717) is 12.1 Å². The van der Waals surface area contributed by atoms with Gasteiger partial charge in [0, 0.05) is 17.2 Å². The molecule has 0 unspecified atom stereocenters. The summed E-state index contributed by atoms with van der Waals surface area (Å²) in [6.07, 6.45) is 1.78. The van der Waals surface area contributed by atoms with E-state index >= 15 is 0 Å². The van der Waals surface area contributed by atoms with E-state index in [9.17, 15) is 0 Å². The number of anilines is 1. The summed E-state index contributed by atoms with van der Waals surface area (Å²) in [4.78, 5) is 0. The number of nitrogens with zero attached hydrogens (tertiary/aromatic N) is 3. The van der Waals surface area contributed by atoms with Crippen molar-refractivity contribution in [2.75, 3.05) is 5.32 Å². The number of nitrogens with one attached hydrogen (secondary N) is 1. The zero-order valence-electron chi connectivity index (χ0n) is 10.0. The molecular weight excluding hydrogens is 292 g/mol. The van der Waals surface area contributed by atoms with Crippen LogP contribution in [-0.4, -0.2) is 9.78 Å². The summed E-state index contributed by atoms with van der Waals surface area (Å²) in [6, 6.07) is 9.71. The van der Waals surface area contributed by atoms with Crippen LogP contribution in [-0.2, 0) is 13.1 Å². The second kappa shape index (κ2) is 5.69. The van der Waals surface area contributed by atoms with Gasteiger partial charge >= 0.3 is 0 Å². The van der Waals surface area contributed by atoms with Crippen LogP contribution < -0.4 is 5.32 Å². The molecule has 0 aliphatic rings. The quantitative estimate of drug-likeness (QED) is 0.944. The van der Waals surface area contributed by atoms with Crippen LogP contribution in [0.25, 0.3) is 0 Å². The molecule has 0 aliphatic heterocycles. The summed E-state index contributed by atoms with van der Waals surface area (Å²) in [5.41, 5.74) is 2.57.